The average molecular weight is 236 g/mol. The standard InChI is InChI=1S/C12H16N2O3/c13-9-5-6-16-7-8-17-11-4-2-1-3-10(11)14-12(9)15/h1-4,9H,5-8,13H2,(H,14,15). The van der Waals surface area contributed by atoms with Crippen molar-refractivity contribution < 1.29 is 14.3 Å². The van der Waals surface area contributed by atoms with Gasteiger partial charge < -0.3 is 20.5 Å². The molecule has 0 saturated heterocycles. The molecule has 5 heteroatoms. The SMILES string of the molecule is NC1CCOCCOc2ccccc2NC1=O. The number of carbonyl (C=O) groups is 1. The van der Waals surface area contributed by atoms with Crippen LogP contribution in [0.15, 0.2) is 24.3 Å². The molecule has 1 heterocycles. The lowest BCUT2D eigenvalue weighted by molar-refractivity contribution is -0.117. The number of ether oxygens (including phenoxy) is 2. The Morgan fingerprint density at radius 1 is 1.24 bits per heavy atom. The quantitative estimate of drug-likeness (QED) is 0.697. The maximum atomic E-state index is 11.8. The molecule has 0 radical (unpaired) electrons. The van der Waals surface area contributed by atoms with Crippen molar-refractivity contribution in [1.82, 2.24) is 0 Å². The van der Waals surface area contributed by atoms with E-state index in [-0.39, 0.29) is 5.91 Å². The van der Waals surface area contributed by atoms with E-state index in [2.05, 4.69) is 5.32 Å². The van der Waals surface area contributed by atoms with Crippen molar-refractivity contribution in [3.05, 3.63) is 24.3 Å². The van der Waals surface area contributed by atoms with Gasteiger partial charge in [0.05, 0.1) is 18.3 Å². The predicted octanol–water partition coefficient (Wildman–Crippen LogP) is 0.751. The lowest BCUT2D eigenvalue weighted by Crippen LogP contribution is -2.36. The van der Waals surface area contributed by atoms with Crippen molar-refractivity contribution in [3.63, 3.8) is 0 Å². The fraction of sp³-hybridized carbons (Fsp3) is 0.417. The van der Waals surface area contributed by atoms with Gasteiger partial charge in [0.15, 0.2) is 0 Å². The maximum Gasteiger partial charge on any atom is 0.241 e. The van der Waals surface area contributed by atoms with E-state index in [1.165, 1.54) is 0 Å². The van der Waals surface area contributed by atoms with E-state index < -0.39 is 6.04 Å². The Hall–Kier alpha value is -1.59. The Balaban J connectivity index is 2.18. The third-order valence-corrected chi connectivity index (χ3v) is 2.54. The van der Waals surface area contributed by atoms with Crippen LogP contribution in [0.1, 0.15) is 6.42 Å². The van der Waals surface area contributed by atoms with Crippen molar-refractivity contribution >= 4 is 11.6 Å². The summed E-state index contributed by atoms with van der Waals surface area (Å²) >= 11 is 0. The van der Waals surface area contributed by atoms with Crippen LogP contribution in [0.5, 0.6) is 5.75 Å². The first-order chi connectivity index (χ1) is 8.27. The van der Waals surface area contributed by atoms with E-state index in [1.807, 2.05) is 12.1 Å². The maximum absolute atomic E-state index is 11.8. The highest BCUT2D eigenvalue weighted by molar-refractivity contribution is 5.95. The number of nitrogens with one attached hydrogen (secondary N) is 1. The largest absolute Gasteiger partial charge is 0.489 e. The molecule has 5 nitrogen and oxygen atoms in total. The molecule has 17 heavy (non-hydrogen) atoms. The Bertz CT molecular complexity index is 395. The van der Waals surface area contributed by atoms with Gasteiger partial charge in [-0.25, -0.2) is 0 Å². The number of benzene rings is 1. The van der Waals surface area contributed by atoms with Crippen molar-refractivity contribution in [1.29, 1.82) is 0 Å². The minimum atomic E-state index is -0.554. The van der Waals surface area contributed by atoms with Gasteiger partial charge in [-0.3, -0.25) is 4.79 Å². The number of rotatable bonds is 0. The Morgan fingerprint density at radius 3 is 2.94 bits per heavy atom. The molecule has 92 valence electrons. The monoisotopic (exact) mass is 236 g/mol. The normalized spacial score (nSPS) is 21.7. The lowest BCUT2D eigenvalue weighted by Gasteiger charge is -2.13. The average Bonchev–Trinajstić information content (AvgIpc) is 2.36. The molecule has 0 saturated carbocycles. The molecule has 1 unspecified atom stereocenters. The van der Waals surface area contributed by atoms with E-state index in [9.17, 15) is 4.79 Å². The highest BCUT2D eigenvalue weighted by Crippen LogP contribution is 2.24. The second kappa shape index (κ2) is 5.65. The summed E-state index contributed by atoms with van der Waals surface area (Å²) in [7, 11) is 0. The van der Waals surface area contributed by atoms with Crippen molar-refractivity contribution in [2.45, 2.75) is 12.5 Å². The molecule has 0 aromatic heterocycles. The zero-order valence-corrected chi connectivity index (χ0v) is 9.52. The van der Waals surface area contributed by atoms with Gasteiger partial charge >= 0.3 is 0 Å². The van der Waals surface area contributed by atoms with Gasteiger partial charge in [0, 0.05) is 6.61 Å². The van der Waals surface area contributed by atoms with Gasteiger partial charge in [-0.05, 0) is 18.6 Å². The number of anilines is 1. The summed E-state index contributed by atoms with van der Waals surface area (Å²) in [6.45, 7) is 1.42. The number of hydrogen-bond donors (Lipinski definition) is 2. The molecular formula is C12H16N2O3. The molecule has 1 aromatic rings. The third-order valence-electron chi connectivity index (χ3n) is 2.54. The molecular weight excluding hydrogens is 220 g/mol. The molecule has 0 fully saturated rings. The molecule has 1 aliphatic rings. The summed E-state index contributed by atoms with van der Waals surface area (Å²) in [5, 5.41) is 2.76. The minimum Gasteiger partial charge on any atom is -0.489 e. The smallest absolute Gasteiger partial charge is 0.241 e. The first kappa shape index (κ1) is 11.9. The van der Waals surface area contributed by atoms with Gasteiger partial charge in [0.1, 0.15) is 12.4 Å². The van der Waals surface area contributed by atoms with Crippen LogP contribution in [0.4, 0.5) is 5.69 Å². The Kier molecular flexibility index (Phi) is 3.95. The zero-order chi connectivity index (χ0) is 12.1. The molecule has 3 N–H and O–H groups in total. The number of nitrogens with two attached hydrogens (primary N) is 1. The molecule has 1 atom stereocenters. The highest BCUT2D eigenvalue weighted by Gasteiger charge is 2.16. The molecule has 1 amide bonds. The predicted molar refractivity (Wildman–Crippen MR) is 64.0 cm³/mol. The highest BCUT2D eigenvalue weighted by atomic mass is 16.5. The summed E-state index contributed by atoms with van der Waals surface area (Å²) in [6, 6.07) is 6.73. The van der Waals surface area contributed by atoms with Gasteiger partial charge in [0.25, 0.3) is 0 Å². The summed E-state index contributed by atoms with van der Waals surface area (Å²) in [6.07, 6.45) is 0.508. The van der Waals surface area contributed by atoms with E-state index in [1.54, 1.807) is 12.1 Å². The van der Waals surface area contributed by atoms with Crippen molar-refractivity contribution in [2.75, 3.05) is 25.1 Å². The van der Waals surface area contributed by atoms with Gasteiger partial charge in [-0.1, -0.05) is 12.1 Å². The van der Waals surface area contributed by atoms with Gasteiger partial charge in [0.2, 0.25) is 5.91 Å². The van der Waals surface area contributed by atoms with E-state index in [0.717, 1.165) is 0 Å². The summed E-state index contributed by atoms with van der Waals surface area (Å²) < 4.78 is 10.8. The number of carbonyl (C=O) groups excluding carboxylic acids is 1. The van der Waals surface area contributed by atoms with Crippen LogP contribution in [-0.4, -0.2) is 31.8 Å². The second-order valence-electron chi connectivity index (χ2n) is 3.84. The van der Waals surface area contributed by atoms with Crippen LogP contribution < -0.4 is 15.8 Å². The second-order valence-corrected chi connectivity index (χ2v) is 3.84. The number of amides is 1. The molecule has 1 aliphatic heterocycles. The van der Waals surface area contributed by atoms with E-state index in [4.69, 9.17) is 15.2 Å². The number of fused-ring (bicyclic) bond motifs is 1. The first-order valence-electron chi connectivity index (χ1n) is 5.63. The van der Waals surface area contributed by atoms with E-state index in [0.29, 0.717) is 37.7 Å². The van der Waals surface area contributed by atoms with Crippen LogP contribution in [0.2, 0.25) is 0 Å². The lowest BCUT2D eigenvalue weighted by atomic mass is 10.2. The zero-order valence-electron chi connectivity index (χ0n) is 9.52. The molecule has 2 rings (SSSR count). The summed E-state index contributed by atoms with van der Waals surface area (Å²) in [5.41, 5.74) is 6.39. The molecule has 1 aromatic carbocycles. The van der Waals surface area contributed by atoms with Crippen LogP contribution in [0.3, 0.4) is 0 Å². The molecule has 0 spiro atoms. The number of para-hydroxylation sites is 2. The van der Waals surface area contributed by atoms with Crippen LogP contribution >= 0.6 is 0 Å². The summed E-state index contributed by atoms with van der Waals surface area (Å²) in [4.78, 5) is 11.8. The van der Waals surface area contributed by atoms with Crippen molar-refractivity contribution in [3.8, 4) is 5.75 Å². The number of hydrogen-bond acceptors (Lipinski definition) is 4. The fourth-order valence-electron chi connectivity index (χ4n) is 1.58. The van der Waals surface area contributed by atoms with Crippen LogP contribution in [0, 0.1) is 0 Å². The van der Waals surface area contributed by atoms with Gasteiger partial charge in [-0.15, -0.1) is 0 Å². The fourth-order valence-corrected chi connectivity index (χ4v) is 1.58. The Morgan fingerprint density at radius 2 is 2.06 bits per heavy atom. The molecule has 0 bridgehead atoms. The topological polar surface area (TPSA) is 73.6 Å². The van der Waals surface area contributed by atoms with Crippen molar-refractivity contribution in [2.24, 2.45) is 5.73 Å². The van der Waals surface area contributed by atoms with Crippen LogP contribution in [-0.2, 0) is 9.53 Å². The third kappa shape index (κ3) is 3.18. The molecule has 0 aliphatic carbocycles. The first-order valence-corrected chi connectivity index (χ1v) is 5.63. The summed E-state index contributed by atoms with van der Waals surface area (Å²) in [5.74, 6) is 0.421. The van der Waals surface area contributed by atoms with E-state index >= 15 is 0 Å². The van der Waals surface area contributed by atoms with Gasteiger partial charge in [-0.2, -0.15) is 0 Å². The Labute approximate surface area is 99.9 Å². The minimum absolute atomic E-state index is 0.216. The van der Waals surface area contributed by atoms with Crippen LogP contribution in [0.25, 0.3) is 0 Å².